The highest BCUT2D eigenvalue weighted by Crippen LogP contribution is 2.40. The first-order valence-corrected chi connectivity index (χ1v) is 22.6. The molecule has 0 aromatic heterocycles. The monoisotopic (exact) mass is 906 g/mol. The number of amides is 9. The van der Waals surface area contributed by atoms with Gasteiger partial charge in [0.1, 0.15) is 23.9 Å². The molecule has 4 unspecified atom stereocenters. The lowest BCUT2D eigenvalue weighted by Crippen LogP contribution is -2.53. The van der Waals surface area contributed by atoms with E-state index in [-0.39, 0.29) is 79.1 Å². The van der Waals surface area contributed by atoms with Crippen LogP contribution in [0.3, 0.4) is 0 Å². The van der Waals surface area contributed by atoms with Crippen LogP contribution in [0.15, 0.2) is 48.5 Å². The van der Waals surface area contributed by atoms with E-state index in [4.69, 9.17) is 0 Å². The van der Waals surface area contributed by atoms with E-state index in [1.807, 2.05) is 58.0 Å². The average molecular weight is 907 g/mol. The number of piperidine rings is 3. The Balaban J connectivity index is 0.000000164. The van der Waals surface area contributed by atoms with Crippen molar-refractivity contribution < 1.29 is 47.5 Å². The quantitative estimate of drug-likeness (QED) is 0.177. The number of benzene rings is 3. The zero-order valence-corrected chi connectivity index (χ0v) is 38.8. The molecule has 3 aromatic carbocycles. The van der Waals surface area contributed by atoms with Gasteiger partial charge in [-0.05, 0) is 102 Å². The lowest BCUT2D eigenvalue weighted by Gasteiger charge is -2.33. The van der Waals surface area contributed by atoms with Crippen LogP contribution in [-0.4, -0.2) is 86.5 Å². The van der Waals surface area contributed by atoms with Gasteiger partial charge in [-0.15, -0.1) is 0 Å². The minimum atomic E-state index is -0.664. The van der Waals surface area contributed by atoms with Gasteiger partial charge in [0, 0.05) is 43.5 Å². The second-order valence-electron chi connectivity index (χ2n) is 18.4. The van der Waals surface area contributed by atoms with Crippen LogP contribution in [0.2, 0.25) is 0 Å². The molecule has 5 aliphatic heterocycles. The number of hydrogen-bond donors (Lipinski definition) is 3. The normalized spacial score (nSPS) is 21.5. The van der Waals surface area contributed by atoms with E-state index < -0.39 is 29.8 Å². The summed E-state index contributed by atoms with van der Waals surface area (Å²) in [5.74, 6) is -2.19. The number of fused-ring (bicyclic) bond motifs is 2. The summed E-state index contributed by atoms with van der Waals surface area (Å²) in [6, 6.07) is 12.8. The fourth-order valence-corrected chi connectivity index (χ4v) is 9.52. The number of nitrogens with zero attached hydrogens (tertiary/aromatic N) is 3. The van der Waals surface area contributed by atoms with Crippen molar-refractivity contribution >= 4 is 53.7 Å². The van der Waals surface area contributed by atoms with E-state index in [9.17, 15) is 47.5 Å². The molecule has 5 aliphatic rings. The molecule has 0 radical (unpaired) electrons. The Hall–Kier alpha value is -6.58. The van der Waals surface area contributed by atoms with Crippen molar-refractivity contribution in [2.24, 2.45) is 0 Å². The van der Waals surface area contributed by atoms with Crippen LogP contribution in [0.5, 0.6) is 0 Å². The molecule has 3 aromatic rings. The van der Waals surface area contributed by atoms with Crippen LogP contribution < -0.4 is 16.0 Å². The van der Waals surface area contributed by atoms with Crippen LogP contribution in [0.25, 0.3) is 0 Å². The molecule has 350 valence electrons. The van der Waals surface area contributed by atoms with Crippen LogP contribution >= 0.6 is 0 Å². The molecule has 16 heteroatoms. The molecule has 5 heterocycles. The van der Waals surface area contributed by atoms with Crippen LogP contribution in [0.1, 0.15) is 170 Å². The predicted octanol–water partition coefficient (Wildman–Crippen LogP) is 5.72. The molecule has 9 amide bonds. The van der Waals surface area contributed by atoms with Gasteiger partial charge in [0.25, 0.3) is 11.8 Å². The number of rotatable bonds is 9. The second kappa shape index (κ2) is 20.3. The molecule has 3 saturated heterocycles. The van der Waals surface area contributed by atoms with E-state index in [1.165, 1.54) is 21.4 Å². The van der Waals surface area contributed by atoms with Gasteiger partial charge in [-0.2, -0.15) is 0 Å². The predicted molar refractivity (Wildman–Crippen MR) is 241 cm³/mol. The maximum atomic E-state index is 14.1. The maximum absolute atomic E-state index is 14.1. The van der Waals surface area contributed by atoms with Crippen molar-refractivity contribution in [3.63, 3.8) is 0 Å². The molecule has 8 rings (SSSR count). The molecular weight excluding hydrogens is 848 g/mol. The highest BCUT2D eigenvalue weighted by Gasteiger charge is 2.44. The van der Waals surface area contributed by atoms with E-state index in [2.05, 4.69) is 49.7 Å². The molecule has 4 atom stereocenters. The van der Waals surface area contributed by atoms with Crippen molar-refractivity contribution in [2.45, 2.75) is 149 Å². The lowest BCUT2D eigenvalue weighted by molar-refractivity contribution is -0.141. The zero-order valence-electron chi connectivity index (χ0n) is 38.8. The number of halogens is 1. The van der Waals surface area contributed by atoms with E-state index in [0.29, 0.717) is 60.7 Å². The van der Waals surface area contributed by atoms with E-state index >= 15 is 0 Å². The number of hydrogen-bond acceptors (Lipinski definition) is 9. The highest BCUT2D eigenvalue weighted by atomic mass is 19.1. The lowest BCUT2D eigenvalue weighted by atomic mass is 9.91. The molecule has 3 fully saturated rings. The van der Waals surface area contributed by atoms with E-state index in [1.54, 1.807) is 11.0 Å². The zero-order chi connectivity index (χ0) is 48.3. The summed E-state index contributed by atoms with van der Waals surface area (Å²) in [6.07, 6.45) is 2.54. The number of carbonyl (C=O) groups is 9. The third-order valence-electron chi connectivity index (χ3n) is 13.1. The largest absolute Gasteiger partial charge is 0.329 e. The fraction of sp³-hybridized carbons (Fsp3) is 0.460. The Bertz CT molecular complexity index is 2480. The van der Waals surface area contributed by atoms with Crippen molar-refractivity contribution in [3.8, 4) is 0 Å². The van der Waals surface area contributed by atoms with Crippen molar-refractivity contribution in [3.05, 3.63) is 104 Å². The van der Waals surface area contributed by atoms with Crippen molar-refractivity contribution in [2.75, 3.05) is 0 Å². The Labute approximate surface area is 384 Å². The first-order valence-electron chi connectivity index (χ1n) is 22.6. The molecule has 15 nitrogen and oxygen atoms in total. The maximum Gasteiger partial charge on any atom is 0.255 e. The first-order chi connectivity index (χ1) is 31.2. The summed E-state index contributed by atoms with van der Waals surface area (Å²) in [4.78, 5) is 111. The van der Waals surface area contributed by atoms with Gasteiger partial charge in [-0.1, -0.05) is 77.9 Å². The highest BCUT2D eigenvalue weighted by molar-refractivity contribution is 6.07. The van der Waals surface area contributed by atoms with Crippen LogP contribution in [0.4, 0.5) is 4.39 Å². The molecule has 0 spiro atoms. The molecule has 0 aliphatic carbocycles. The standard InChI is InChI=1S/C17H20N2O3.C17H22N2O3.C16H17FN2O3/c1-9(2)11-5-4-6-12-15(11)10(3)19(17(12)22)13-7-8-14(20)18-16(13)21;1-11(2)14-6-4-5-13(12(14)3)9-19(10-20)15-7-8-16(21)18-17(15)22;1-8(2)10-5-9-7-19(16(22)11(9)6-12(10)17)13-3-4-14(20)18-15(13)21/h4-6,9-10,13H,7-8H2,1-3H3,(H,18,20,21);4-6,10-11,15H,7-9H2,1-3H3,(H,18,21,22);5-6,8,13H,3-4,7H2,1-2H3,(H,18,20,21). The molecule has 0 saturated carbocycles. The molecule has 3 N–H and O–H groups in total. The summed E-state index contributed by atoms with van der Waals surface area (Å²) in [6.45, 7) is 16.9. The van der Waals surface area contributed by atoms with Gasteiger partial charge in [-0.25, -0.2) is 4.39 Å². The van der Waals surface area contributed by atoms with Crippen molar-refractivity contribution in [1.82, 2.24) is 30.7 Å². The smallest absolute Gasteiger partial charge is 0.255 e. The minimum absolute atomic E-state index is 0.0186. The topological polar surface area (TPSA) is 199 Å². The summed E-state index contributed by atoms with van der Waals surface area (Å²) in [7, 11) is 0. The van der Waals surface area contributed by atoms with Gasteiger partial charge in [0.15, 0.2) is 0 Å². The van der Waals surface area contributed by atoms with Gasteiger partial charge < -0.3 is 14.7 Å². The average Bonchev–Trinajstić information content (AvgIpc) is 3.71. The summed E-state index contributed by atoms with van der Waals surface area (Å²) in [5, 5.41) is 6.88. The minimum Gasteiger partial charge on any atom is -0.329 e. The van der Waals surface area contributed by atoms with Gasteiger partial charge in [0.05, 0.1) is 6.04 Å². The summed E-state index contributed by atoms with van der Waals surface area (Å²) >= 11 is 0. The summed E-state index contributed by atoms with van der Waals surface area (Å²) in [5.41, 5.74) is 7.89. The van der Waals surface area contributed by atoms with Gasteiger partial charge in [-0.3, -0.25) is 59.1 Å². The number of nitrogens with one attached hydrogen (secondary N) is 3. The Morgan fingerprint density at radius 2 is 1.23 bits per heavy atom. The second-order valence-corrected chi connectivity index (χ2v) is 18.4. The van der Waals surface area contributed by atoms with Crippen molar-refractivity contribution in [1.29, 1.82) is 0 Å². The summed E-state index contributed by atoms with van der Waals surface area (Å²) < 4.78 is 14.1. The molecule has 0 bridgehead atoms. The third kappa shape index (κ3) is 10.1. The van der Waals surface area contributed by atoms with E-state index in [0.717, 1.165) is 27.8 Å². The Kier molecular flexibility index (Phi) is 15.0. The van der Waals surface area contributed by atoms with Gasteiger partial charge in [0.2, 0.25) is 41.9 Å². The molecule has 66 heavy (non-hydrogen) atoms. The Morgan fingerprint density at radius 1 is 0.682 bits per heavy atom. The van der Waals surface area contributed by atoms with Gasteiger partial charge >= 0.3 is 0 Å². The van der Waals surface area contributed by atoms with Crippen LogP contribution in [-0.2, 0) is 46.7 Å². The number of carbonyl (C=O) groups excluding carboxylic acids is 9. The third-order valence-corrected chi connectivity index (χ3v) is 13.1. The van der Waals surface area contributed by atoms with Crippen LogP contribution in [0, 0.1) is 12.7 Å². The number of imide groups is 3. The molecular formula is C50H59FN6O9. The fourth-order valence-electron chi connectivity index (χ4n) is 9.52. The SMILES string of the molecule is CC(C)c1cc2c(cc1F)C(=O)N(C1CCC(=O)NC1=O)C2.CC(C)c1cccc2c1C(C)N(C1CCC(=O)NC1=O)C2=O.Cc1c(CN(C=O)C2CCC(=O)NC2=O)cccc1C(C)C. The Morgan fingerprint density at radius 3 is 1.79 bits per heavy atom. The first kappa shape index (κ1) is 48.9.